The van der Waals surface area contributed by atoms with Gasteiger partial charge in [-0.15, -0.1) is 9.42 Å². The third kappa shape index (κ3) is 24.5. The van der Waals surface area contributed by atoms with E-state index < -0.39 is 8.25 Å². The van der Waals surface area contributed by atoms with E-state index in [1.54, 1.807) is 0 Å². The molecule has 1 N–H and O–H groups in total. The van der Waals surface area contributed by atoms with Crippen molar-refractivity contribution in [2.24, 2.45) is 0 Å². The van der Waals surface area contributed by atoms with Crippen molar-refractivity contribution in [1.29, 1.82) is 0 Å². The van der Waals surface area contributed by atoms with E-state index in [2.05, 4.69) is 34.3 Å². The van der Waals surface area contributed by atoms with Crippen LogP contribution >= 0.6 is 24.2 Å². The SMILES string of the molecule is CCCC.O=[P+](O)OCCCCBr. The molecule has 0 rings (SSSR count). The predicted octanol–water partition coefficient (Wildman–Crippen LogP) is 3.63. The molecular formula is C8H19BrO3P+. The van der Waals surface area contributed by atoms with Gasteiger partial charge in [0.15, 0.2) is 0 Å². The first-order valence-corrected chi connectivity index (χ1v) is 6.79. The molecule has 0 aromatic rings. The minimum atomic E-state index is -2.38. The summed E-state index contributed by atoms with van der Waals surface area (Å²) in [6.45, 7) is 4.73. The van der Waals surface area contributed by atoms with Crippen LogP contribution in [-0.4, -0.2) is 16.8 Å². The molecule has 0 amide bonds. The monoisotopic (exact) mass is 273 g/mol. The quantitative estimate of drug-likeness (QED) is 0.457. The minimum Gasteiger partial charge on any atom is -0.133 e. The third-order valence-electron chi connectivity index (χ3n) is 1.23. The van der Waals surface area contributed by atoms with Gasteiger partial charge in [-0.3, -0.25) is 0 Å². The number of hydrogen-bond donors (Lipinski definition) is 1. The Labute approximate surface area is 90.0 Å². The Balaban J connectivity index is 0. The lowest BCUT2D eigenvalue weighted by Crippen LogP contribution is -1.86. The zero-order valence-electron chi connectivity index (χ0n) is 8.33. The molecule has 13 heavy (non-hydrogen) atoms. The Morgan fingerprint density at radius 2 is 1.85 bits per heavy atom. The van der Waals surface area contributed by atoms with Crippen LogP contribution in [0.3, 0.4) is 0 Å². The highest BCUT2D eigenvalue weighted by atomic mass is 79.9. The Kier molecular flexibility index (Phi) is 18.4. The molecule has 80 valence electrons. The maximum atomic E-state index is 9.88. The summed E-state index contributed by atoms with van der Waals surface area (Å²) in [4.78, 5) is 8.13. The molecule has 0 bridgehead atoms. The number of halogens is 1. The van der Waals surface area contributed by atoms with E-state index in [9.17, 15) is 4.57 Å². The van der Waals surface area contributed by atoms with Gasteiger partial charge in [0.2, 0.25) is 0 Å². The number of alkyl halides is 1. The third-order valence-corrected chi connectivity index (χ3v) is 2.19. The summed E-state index contributed by atoms with van der Waals surface area (Å²) in [6, 6.07) is 0. The zero-order chi connectivity index (χ0) is 10.5. The maximum Gasteiger partial charge on any atom is 0.694 e. The highest BCUT2D eigenvalue weighted by Gasteiger charge is 2.09. The normalized spacial score (nSPS) is 10.3. The Bertz CT molecular complexity index is 110. The minimum absolute atomic E-state index is 0.372. The lowest BCUT2D eigenvalue weighted by molar-refractivity contribution is 0.277. The molecule has 0 saturated heterocycles. The van der Waals surface area contributed by atoms with Gasteiger partial charge < -0.3 is 0 Å². The van der Waals surface area contributed by atoms with Gasteiger partial charge in [-0.05, 0) is 12.8 Å². The molecule has 1 atom stereocenters. The molecule has 0 radical (unpaired) electrons. The summed E-state index contributed by atoms with van der Waals surface area (Å²) in [6.07, 6.45) is 4.44. The van der Waals surface area contributed by atoms with Crippen LogP contribution in [-0.2, 0) is 9.09 Å². The summed E-state index contributed by atoms with van der Waals surface area (Å²) in [5.41, 5.74) is 0. The first kappa shape index (κ1) is 15.9. The van der Waals surface area contributed by atoms with E-state index in [-0.39, 0.29) is 0 Å². The topological polar surface area (TPSA) is 46.5 Å². The number of unbranched alkanes of at least 4 members (excludes halogenated alkanes) is 2. The van der Waals surface area contributed by atoms with Crippen LogP contribution in [0.1, 0.15) is 39.5 Å². The largest absolute Gasteiger partial charge is 0.694 e. The predicted molar refractivity (Wildman–Crippen MR) is 59.4 cm³/mol. The van der Waals surface area contributed by atoms with Gasteiger partial charge in [0, 0.05) is 9.90 Å². The fourth-order valence-corrected chi connectivity index (χ4v) is 1.02. The number of hydrogen-bond acceptors (Lipinski definition) is 2. The average Bonchev–Trinajstić information content (AvgIpc) is 2.13. The van der Waals surface area contributed by atoms with Crippen LogP contribution in [0.15, 0.2) is 0 Å². The summed E-state index contributed by atoms with van der Waals surface area (Å²) in [7, 11) is -2.38. The van der Waals surface area contributed by atoms with E-state index in [4.69, 9.17) is 4.89 Å². The summed E-state index contributed by atoms with van der Waals surface area (Å²) in [5.74, 6) is 0. The van der Waals surface area contributed by atoms with Crippen molar-refractivity contribution in [3.63, 3.8) is 0 Å². The van der Waals surface area contributed by atoms with Crippen molar-refractivity contribution in [2.45, 2.75) is 39.5 Å². The molecule has 0 heterocycles. The van der Waals surface area contributed by atoms with Crippen molar-refractivity contribution < 1.29 is 14.0 Å². The van der Waals surface area contributed by atoms with Crippen LogP contribution in [0.2, 0.25) is 0 Å². The van der Waals surface area contributed by atoms with Crippen molar-refractivity contribution in [3.05, 3.63) is 0 Å². The van der Waals surface area contributed by atoms with E-state index in [1.807, 2.05) is 0 Å². The first-order chi connectivity index (χ1) is 6.18. The van der Waals surface area contributed by atoms with Gasteiger partial charge in [-0.1, -0.05) is 42.6 Å². The van der Waals surface area contributed by atoms with Crippen LogP contribution < -0.4 is 0 Å². The highest BCUT2D eigenvalue weighted by molar-refractivity contribution is 9.09. The van der Waals surface area contributed by atoms with Gasteiger partial charge >= 0.3 is 8.25 Å². The molecule has 0 aliphatic carbocycles. The second kappa shape index (κ2) is 15.0. The molecule has 0 aromatic heterocycles. The summed E-state index contributed by atoms with van der Waals surface area (Å²) < 4.78 is 14.3. The van der Waals surface area contributed by atoms with E-state index in [0.29, 0.717) is 6.61 Å². The van der Waals surface area contributed by atoms with Crippen molar-refractivity contribution in [2.75, 3.05) is 11.9 Å². The highest BCUT2D eigenvalue weighted by Crippen LogP contribution is 2.14. The Morgan fingerprint density at radius 1 is 1.31 bits per heavy atom. The molecule has 0 spiro atoms. The first-order valence-electron chi connectivity index (χ1n) is 4.54. The average molecular weight is 274 g/mol. The van der Waals surface area contributed by atoms with Crippen molar-refractivity contribution in [1.82, 2.24) is 0 Å². The standard InChI is InChI=1S/C4H8BrO3P.C4H10/c5-3-1-2-4-8-9(6)7;1-3-4-2/h1-4H2;3-4H2,1-2H3/p+1. The summed E-state index contributed by atoms with van der Waals surface area (Å²) in [5, 5.41) is 0.915. The molecule has 0 saturated carbocycles. The lowest BCUT2D eigenvalue weighted by Gasteiger charge is -1.87. The van der Waals surface area contributed by atoms with Crippen LogP contribution in [0.25, 0.3) is 0 Å². The molecule has 5 heteroatoms. The fraction of sp³-hybridized carbons (Fsp3) is 1.00. The van der Waals surface area contributed by atoms with Crippen LogP contribution in [0, 0.1) is 0 Å². The second-order valence-electron chi connectivity index (χ2n) is 2.47. The molecule has 0 fully saturated rings. The van der Waals surface area contributed by atoms with Gasteiger partial charge in [-0.2, -0.15) is 0 Å². The second-order valence-corrected chi connectivity index (χ2v) is 3.99. The van der Waals surface area contributed by atoms with E-state index in [1.165, 1.54) is 12.8 Å². The van der Waals surface area contributed by atoms with Crippen molar-refractivity contribution in [3.8, 4) is 0 Å². The van der Waals surface area contributed by atoms with Gasteiger partial charge in [0.1, 0.15) is 6.61 Å². The molecule has 0 aliphatic heterocycles. The van der Waals surface area contributed by atoms with Crippen molar-refractivity contribution >= 4 is 24.2 Å². The van der Waals surface area contributed by atoms with Crippen LogP contribution in [0.5, 0.6) is 0 Å². The Hall–Kier alpha value is 0.500. The van der Waals surface area contributed by atoms with E-state index in [0.717, 1.165) is 18.2 Å². The Morgan fingerprint density at radius 3 is 2.15 bits per heavy atom. The molecule has 0 aromatic carbocycles. The van der Waals surface area contributed by atoms with Gasteiger partial charge in [0.05, 0.1) is 0 Å². The maximum absolute atomic E-state index is 9.88. The summed E-state index contributed by atoms with van der Waals surface area (Å²) >= 11 is 3.23. The van der Waals surface area contributed by atoms with Crippen LogP contribution in [0.4, 0.5) is 0 Å². The number of rotatable bonds is 6. The fourth-order valence-electron chi connectivity index (χ4n) is 0.339. The smallest absolute Gasteiger partial charge is 0.133 e. The lowest BCUT2D eigenvalue weighted by atomic mass is 10.4. The zero-order valence-corrected chi connectivity index (χ0v) is 10.8. The van der Waals surface area contributed by atoms with E-state index >= 15 is 0 Å². The molecule has 1 unspecified atom stereocenters. The van der Waals surface area contributed by atoms with Gasteiger partial charge in [-0.25, -0.2) is 0 Å². The molecule has 0 aliphatic rings. The van der Waals surface area contributed by atoms with Gasteiger partial charge in [0.25, 0.3) is 0 Å². The molecular weight excluding hydrogens is 255 g/mol. The molecule has 3 nitrogen and oxygen atoms in total.